The lowest BCUT2D eigenvalue weighted by Gasteiger charge is -2.14. The van der Waals surface area contributed by atoms with Crippen molar-refractivity contribution < 1.29 is 14.3 Å². The van der Waals surface area contributed by atoms with Crippen LogP contribution >= 0.6 is 0 Å². The Bertz CT molecular complexity index is 783. The molecule has 2 aromatic carbocycles. The minimum Gasteiger partial charge on any atom is -0.494 e. The maximum Gasteiger partial charge on any atom is 0.338 e. The summed E-state index contributed by atoms with van der Waals surface area (Å²) >= 11 is 0. The van der Waals surface area contributed by atoms with Gasteiger partial charge >= 0.3 is 5.97 Å². The lowest BCUT2D eigenvalue weighted by atomic mass is 10.1. The highest BCUT2D eigenvalue weighted by Gasteiger charge is 2.17. The third-order valence-corrected chi connectivity index (χ3v) is 4.19. The Morgan fingerprint density at radius 3 is 2.46 bits per heavy atom. The first-order valence-corrected chi connectivity index (χ1v) is 8.61. The standard InChI is InChI=1S/C21H26N2O3/c1-6-23(4)14-22-19-12-11-18(16(3)20(19)25-5)21(24)26-13-17-9-7-15(2)8-10-17/h7-12,14H,6,13H2,1-5H3/b22-14+. The molecule has 0 fully saturated rings. The molecule has 2 aromatic rings. The van der Waals surface area contributed by atoms with Crippen LogP contribution in [0.15, 0.2) is 41.4 Å². The van der Waals surface area contributed by atoms with Crippen molar-refractivity contribution in [2.75, 3.05) is 20.7 Å². The van der Waals surface area contributed by atoms with Gasteiger partial charge in [-0.3, -0.25) is 0 Å². The number of benzene rings is 2. The van der Waals surface area contributed by atoms with Crippen molar-refractivity contribution in [3.63, 3.8) is 0 Å². The number of rotatable bonds is 7. The fraction of sp³-hybridized carbons (Fsp3) is 0.333. The summed E-state index contributed by atoms with van der Waals surface area (Å²) < 4.78 is 10.9. The maximum atomic E-state index is 12.5. The number of methoxy groups -OCH3 is 1. The van der Waals surface area contributed by atoms with Gasteiger partial charge in [-0.2, -0.15) is 0 Å². The number of hydrogen-bond acceptors (Lipinski definition) is 4. The lowest BCUT2D eigenvalue weighted by Crippen LogP contribution is -2.14. The Morgan fingerprint density at radius 1 is 1.15 bits per heavy atom. The molecule has 0 bridgehead atoms. The summed E-state index contributed by atoms with van der Waals surface area (Å²) in [7, 11) is 3.52. The molecule has 0 aliphatic heterocycles. The van der Waals surface area contributed by atoms with E-state index in [9.17, 15) is 4.79 Å². The van der Waals surface area contributed by atoms with E-state index in [0.717, 1.165) is 17.7 Å². The van der Waals surface area contributed by atoms with Gasteiger partial charge in [0.25, 0.3) is 0 Å². The van der Waals surface area contributed by atoms with E-state index in [1.165, 1.54) is 5.56 Å². The van der Waals surface area contributed by atoms with Gasteiger partial charge in [0.2, 0.25) is 0 Å². The van der Waals surface area contributed by atoms with Crippen LogP contribution in [0, 0.1) is 13.8 Å². The Labute approximate surface area is 155 Å². The fourth-order valence-corrected chi connectivity index (χ4v) is 2.41. The quantitative estimate of drug-likeness (QED) is 0.423. The molecule has 0 atom stereocenters. The van der Waals surface area contributed by atoms with Crippen molar-refractivity contribution in [3.8, 4) is 5.75 Å². The third-order valence-electron chi connectivity index (χ3n) is 4.19. The summed E-state index contributed by atoms with van der Waals surface area (Å²) in [6.45, 7) is 7.00. The van der Waals surface area contributed by atoms with Crippen molar-refractivity contribution in [2.24, 2.45) is 4.99 Å². The molecule has 0 amide bonds. The number of aliphatic imine (C=N–C) groups is 1. The van der Waals surface area contributed by atoms with Gasteiger partial charge in [0.15, 0.2) is 0 Å². The minimum atomic E-state index is -0.373. The SMILES string of the molecule is CCN(C)/C=N/c1ccc(C(=O)OCc2ccc(C)cc2)c(C)c1OC. The average Bonchev–Trinajstić information content (AvgIpc) is 2.65. The second-order valence-electron chi connectivity index (χ2n) is 6.17. The van der Waals surface area contributed by atoms with Crippen LogP contribution in [0.1, 0.15) is 34.0 Å². The molecule has 0 saturated heterocycles. The summed E-state index contributed by atoms with van der Waals surface area (Å²) in [6.07, 6.45) is 1.74. The van der Waals surface area contributed by atoms with Crippen LogP contribution in [0.25, 0.3) is 0 Å². The summed E-state index contributed by atoms with van der Waals surface area (Å²) in [6, 6.07) is 11.4. The monoisotopic (exact) mass is 354 g/mol. The highest BCUT2D eigenvalue weighted by Crippen LogP contribution is 2.33. The smallest absolute Gasteiger partial charge is 0.338 e. The van der Waals surface area contributed by atoms with Crippen LogP contribution in [0.5, 0.6) is 5.75 Å². The van der Waals surface area contributed by atoms with Crippen molar-refractivity contribution >= 4 is 18.0 Å². The first kappa shape index (κ1) is 19.5. The molecule has 138 valence electrons. The van der Waals surface area contributed by atoms with Crippen LogP contribution < -0.4 is 4.74 Å². The first-order chi connectivity index (χ1) is 12.5. The zero-order valence-electron chi connectivity index (χ0n) is 16.1. The van der Waals surface area contributed by atoms with E-state index in [4.69, 9.17) is 9.47 Å². The van der Waals surface area contributed by atoms with Gasteiger partial charge in [0, 0.05) is 19.2 Å². The van der Waals surface area contributed by atoms with Gasteiger partial charge in [-0.15, -0.1) is 0 Å². The Morgan fingerprint density at radius 2 is 1.85 bits per heavy atom. The topological polar surface area (TPSA) is 51.1 Å². The van der Waals surface area contributed by atoms with Crippen LogP contribution in [-0.2, 0) is 11.3 Å². The van der Waals surface area contributed by atoms with Crippen molar-refractivity contribution in [1.29, 1.82) is 0 Å². The Balaban J connectivity index is 2.16. The Kier molecular flexibility index (Phi) is 6.78. The molecule has 5 heteroatoms. The highest BCUT2D eigenvalue weighted by molar-refractivity contribution is 5.93. The van der Waals surface area contributed by atoms with Crippen LogP contribution in [0.3, 0.4) is 0 Å². The van der Waals surface area contributed by atoms with Gasteiger partial charge in [-0.25, -0.2) is 9.79 Å². The zero-order chi connectivity index (χ0) is 19.1. The van der Waals surface area contributed by atoms with Crippen LogP contribution in [0.4, 0.5) is 5.69 Å². The van der Waals surface area contributed by atoms with Gasteiger partial charge in [-0.1, -0.05) is 29.8 Å². The van der Waals surface area contributed by atoms with E-state index < -0.39 is 0 Å². The first-order valence-electron chi connectivity index (χ1n) is 8.61. The number of hydrogen-bond donors (Lipinski definition) is 0. The minimum absolute atomic E-state index is 0.238. The van der Waals surface area contributed by atoms with Crippen LogP contribution in [-0.4, -0.2) is 37.9 Å². The van der Waals surface area contributed by atoms with Gasteiger partial charge in [0.1, 0.15) is 18.0 Å². The molecule has 0 aromatic heterocycles. The molecule has 0 radical (unpaired) electrons. The summed E-state index contributed by atoms with van der Waals surface area (Å²) in [4.78, 5) is 18.9. The van der Waals surface area contributed by atoms with E-state index in [1.54, 1.807) is 25.6 Å². The molecule has 0 saturated carbocycles. The molecular weight excluding hydrogens is 328 g/mol. The molecule has 0 unspecified atom stereocenters. The fourth-order valence-electron chi connectivity index (χ4n) is 2.41. The number of carbonyl (C=O) groups is 1. The normalized spacial score (nSPS) is 10.8. The number of ether oxygens (including phenoxy) is 2. The van der Waals surface area contributed by atoms with Gasteiger partial charge in [0.05, 0.1) is 19.0 Å². The molecule has 0 spiro atoms. The van der Waals surface area contributed by atoms with E-state index in [1.807, 2.05) is 57.0 Å². The van der Waals surface area contributed by atoms with Crippen molar-refractivity contribution in [3.05, 3.63) is 58.7 Å². The maximum absolute atomic E-state index is 12.5. The predicted octanol–water partition coefficient (Wildman–Crippen LogP) is 4.28. The molecule has 0 aliphatic carbocycles. The number of carbonyl (C=O) groups excluding carboxylic acids is 1. The van der Waals surface area contributed by atoms with Crippen LogP contribution in [0.2, 0.25) is 0 Å². The van der Waals surface area contributed by atoms with Gasteiger partial charge in [-0.05, 0) is 38.5 Å². The highest BCUT2D eigenvalue weighted by atomic mass is 16.5. The predicted molar refractivity (Wildman–Crippen MR) is 104 cm³/mol. The summed E-state index contributed by atoms with van der Waals surface area (Å²) in [5.74, 6) is 0.207. The molecule has 26 heavy (non-hydrogen) atoms. The van der Waals surface area contributed by atoms with E-state index in [2.05, 4.69) is 4.99 Å². The van der Waals surface area contributed by atoms with E-state index in [-0.39, 0.29) is 12.6 Å². The largest absolute Gasteiger partial charge is 0.494 e. The molecule has 0 aliphatic rings. The number of aryl methyl sites for hydroxylation is 1. The Hall–Kier alpha value is -2.82. The second-order valence-corrected chi connectivity index (χ2v) is 6.17. The second kappa shape index (κ2) is 9.04. The van der Waals surface area contributed by atoms with Gasteiger partial charge < -0.3 is 14.4 Å². The molecular formula is C21H26N2O3. The molecule has 2 rings (SSSR count). The molecule has 0 heterocycles. The number of esters is 1. The summed E-state index contributed by atoms with van der Waals surface area (Å²) in [5.41, 5.74) is 4.01. The molecule has 0 N–H and O–H groups in total. The zero-order valence-corrected chi connectivity index (χ0v) is 16.1. The van der Waals surface area contributed by atoms with Crippen molar-refractivity contribution in [1.82, 2.24) is 4.90 Å². The molecule has 5 nitrogen and oxygen atoms in total. The van der Waals surface area contributed by atoms with E-state index in [0.29, 0.717) is 17.0 Å². The third kappa shape index (κ3) is 4.85. The van der Waals surface area contributed by atoms with Crippen molar-refractivity contribution in [2.45, 2.75) is 27.4 Å². The van der Waals surface area contributed by atoms with E-state index >= 15 is 0 Å². The lowest BCUT2D eigenvalue weighted by molar-refractivity contribution is 0.0471. The summed E-state index contributed by atoms with van der Waals surface area (Å²) in [5, 5.41) is 0. The average molecular weight is 354 g/mol. The number of nitrogens with zero attached hydrogens (tertiary/aromatic N) is 2.